The predicted octanol–water partition coefficient (Wildman–Crippen LogP) is 5.18. The molecule has 0 spiro atoms. The minimum absolute atomic E-state index is 0.0893. The first kappa shape index (κ1) is 21.9. The Morgan fingerprint density at radius 2 is 1.19 bits per heavy atom. The van der Waals surface area contributed by atoms with Gasteiger partial charge in [-0.1, -0.05) is 38.1 Å². The van der Waals surface area contributed by atoms with Crippen LogP contribution in [-0.2, 0) is 17.6 Å². The molecular formula is C25H27N3O3. The summed E-state index contributed by atoms with van der Waals surface area (Å²) in [6.07, 6.45) is 1.89. The normalized spacial score (nSPS) is 10.4. The molecule has 0 heterocycles. The van der Waals surface area contributed by atoms with E-state index >= 15 is 0 Å². The molecule has 31 heavy (non-hydrogen) atoms. The Morgan fingerprint density at radius 1 is 0.774 bits per heavy atom. The molecule has 160 valence electrons. The van der Waals surface area contributed by atoms with E-state index in [0.29, 0.717) is 11.4 Å². The van der Waals surface area contributed by atoms with E-state index < -0.39 is 11.9 Å². The molecule has 0 atom stereocenters. The van der Waals surface area contributed by atoms with Crippen molar-refractivity contribution in [1.29, 1.82) is 0 Å². The summed E-state index contributed by atoms with van der Waals surface area (Å²) in [5.74, 6) is -1.33. The number of hydrogen-bond acceptors (Lipinski definition) is 5. The molecule has 0 aromatic heterocycles. The molecule has 0 saturated heterocycles. The number of ether oxygens (including phenoxy) is 1. The number of carbonyl (C=O) groups excluding carboxylic acids is 2. The number of rotatable bonds is 8. The highest BCUT2D eigenvalue weighted by Gasteiger charge is 2.20. The summed E-state index contributed by atoms with van der Waals surface area (Å²) >= 11 is 0. The fraction of sp³-hybridized carbons (Fsp3) is 0.200. The van der Waals surface area contributed by atoms with Crippen molar-refractivity contribution in [2.75, 3.05) is 17.7 Å². The summed E-state index contributed by atoms with van der Waals surface area (Å²) in [4.78, 5) is 24.3. The van der Waals surface area contributed by atoms with Gasteiger partial charge in [0.2, 0.25) is 5.91 Å². The van der Waals surface area contributed by atoms with Crippen molar-refractivity contribution in [3.63, 3.8) is 0 Å². The summed E-state index contributed by atoms with van der Waals surface area (Å²) in [6, 6.07) is 19.2. The Hall–Kier alpha value is -3.80. The smallest absolute Gasteiger partial charge is 0.338 e. The van der Waals surface area contributed by atoms with Crippen LogP contribution in [0.4, 0.5) is 22.7 Å². The molecule has 3 aromatic rings. The third-order valence-electron chi connectivity index (χ3n) is 5.11. The number of esters is 1. The molecule has 0 radical (unpaired) electrons. The summed E-state index contributed by atoms with van der Waals surface area (Å²) < 4.78 is 4.85. The van der Waals surface area contributed by atoms with Crippen LogP contribution in [0.15, 0.2) is 60.7 Å². The van der Waals surface area contributed by atoms with Crippen molar-refractivity contribution in [3.8, 4) is 0 Å². The van der Waals surface area contributed by atoms with Crippen LogP contribution in [0.3, 0.4) is 0 Å². The summed E-state index contributed by atoms with van der Waals surface area (Å²) in [5.41, 5.74) is 11.1. The highest BCUT2D eigenvalue weighted by Crippen LogP contribution is 2.32. The van der Waals surface area contributed by atoms with Crippen LogP contribution >= 0.6 is 0 Å². The summed E-state index contributed by atoms with van der Waals surface area (Å²) in [7, 11) is 1.27. The second-order valence-electron chi connectivity index (χ2n) is 7.15. The van der Waals surface area contributed by atoms with Crippen molar-refractivity contribution in [2.24, 2.45) is 5.73 Å². The van der Waals surface area contributed by atoms with E-state index in [1.165, 1.54) is 18.2 Å². The van der Waals surface area contributed by atoms with Crippen LogP contribution in [0, 0.1) is 0 Å². The van der Waals surface area contributed by atoms with Crippen molar-refractivity contribution in [3.05, 3.63) is 82.9 Å². The number of aryl methyl sites for hydroxylation is 2. The van der Waals surface area contributed by atoms with E-state index in [0.717, 1.165) is 24.2 Å². The van der Waals surface area contributed by atoms with Gasteiger partial charge in [-0.2, -0.15) is 0 Å². The van der Waals surface area contributed by atoms with E-state index in [2.05, 4.69) is 24.5 Å². The molecule has 4 N–H and O–H groups in total. The van der Waals surface area contributed by atoms with E-state index in [-0.39, 0.29) is 11.1 Å². The number of nitrogens with one attached hydrogen (secondary N) is 2. The molecule has 3 aromatic carbocycles. The highest BCUT2D eigenvalue weighted by atomic mass is 16.5. The van der Waals surface area contributed by atoms with E-state index in [9.17, 15) is 9.59 Å². The average Bonchev–Trinajstić information content (AvgIpc) is 2.80. The average molecular weight is 418 g/mol. The summed E-state index contributed by atoms with van der Waals surface area (Å²) in [6.45, 7) is 4.19. The lowest BCUT2D eigenvalue weighted by molar-refractivity contribution is 0.0597. The van der Waals surface area contributed by atoms with Crippen LogP contribution in [0.1, 0.15) is 45.7 Å². The molecular weight excluding hydrogens is 390 g/mol. The van der Waals surface area contributed by atoms with Crippen LogP contribution in [-0.4, -0.2) is 19.0 Å². The quantitative estimate of drug-likeness (QED) is 0.439. The van der Waals surface area contributed by atoms with Crippen molar-refractivity contribution >= 4 is 34.6 Å². The second kappa shape index (κ2) is 9.80. The van der Waals surface area contributed by atoms with Crippen LogP contribution in [0.25, 0.3) is 0 Å². The Bertz CT molecular complexity index is 1070. The lowest BCUT2D eigenvalue weighted by Crippen LogP contribution is -2.18. The molecule has 3 rings (SSSR count). The molecule has 0 bridgehead atoms. The Morgan fingerprint density at radius 3 is 1.55 bits per heavy atom. The number of nitrogens with two attached hydrogens (primary N) is 1. The lowest BCUT2D eigenvalue weighted by atomic mass is 10.0. The van der Waals surface area contributed by atoms with Crippen molar-refractivity contribution < 1.29 is 14.3 Å². The van der Waals surface area contributed by atoms with Gasteiger partial charge < -0.3 is 21.1 Å². The lowest BCUT2D eigenvalue weighted by Gasteiger charge is -2.18. The molecule has 0 fully saturated rings. The first-order valence-corrected chi connectivity index (χ1v) is 10.2. The van der Waals surface area contributed by atoms with Gasteiger partial charge >= 0.3 is 5.97 Å². The fourth-order valence-electron chi connectivity index (χ4n) is 3.25. The van der Waals surface area contributed by atoms with E-state index in [1.807, 2.05) is 48.5 Å². The molecule has 0 aliphatic heterocycles. The van der Waals surface area contributed by atoms with Crippen LogP contribution in [0.5, 0.6) is 0 Å². The number of amides is 1. The fourth-order valence-corrected chi connectivity index (χ4v) is 3.25. The number of hydrogen-bond donors (Lipinski definition) is 3. The number of benzene rings is 3. The minimum Gasteiger partial charge on any atom is -0.465 e. The maximum atomic E-state index is 12.3. The van der Waals surface area contributed by atoms with Crippen LogP contribution in [0.2, 0.25) is 0 Å². The first-order valence-electron chi connectivity index (χ1n) is 10.2. The molecule has 6 nitrogen and oxygen atoms in total. The van der Waals surface area contributed by atoms with Gasteiger partial charge in [0.25, 0.3) is 0 Å². The molecule has 0 aliphatic carbocycles. The van der Waals surface area contributed by atoms with Gasteiger partial charge in [0.05, 0.1) is 29.6 Å². The van der Waals surface area contributed by atoms with Crippen LogP contribution < -0.4 is 16.4 Å². The van der Waals surface area contributed by atoms with Gasteiger partial charge in [-0.15, -0.1) is 0 Å². The third-order valence-corrected chi connectivity index (χ3v) is 5.11. The van der Waals surface area contributed by atoms with Gasteiger partial charge in [-0.05, 0) is 60.4 Å². The maximum absolute atomic E-state index is 12.3. The molecule has 0 unspecified atom stereocenters. The number of carbonyl (C=O) groups is 2. The Balaban J connectivity index is 2.06. The van der Waals surface area contributed by atoms with Crippen molar-refractivity contribution in [1.82, 2.24) is 0 Å². The molecule has 1 amide bonds. The van der Waals surface area contributed by atoms with Gasteiger partial charge in [-0.3, -0.25) is 4.79 Å². The highest BCUT2D eigenvalue weighted by molar-refractivity contribution is 6.07. The minimum atomic E-state index is -0.705. The Labute approximate surface area is 182 Å². The van der Waals surface area contributed by atoms with Gasteiger partial charge in [0, 0.05) is 11.4 Å². The van der Waals surface area contributed by atoms with Crippen molar-refractivity contribution in [2.45, 2.75) is 26.7 Å². The second-order valence-corrected chi connectivity index (χ2v) is 7.15. The number of primary amides is 1. The van der Waals surface area contributed by atoms with Gasteiger partial charge in [0.15, 0.2) is 0 Å². The first-order chi connectivity index (χ1) is 14.9. The molecule has 0 aliphatic rings. The van der Waals surface area contributed by atoms with Gasteiger partial charge in [-0.25, -0.2) is 4.79 Å². The molecule has 0 saturated carbocycles. The number of methoxy groups -OCH3 is 1. The topological polar surface area (TPSA) is 93.5 Å². The van der Waals surface area contributed by atoms with E-state index in [4.69, 9.17) is 10.5 Å². The Kier molecular flexibility index (Phi) is 6.92. The largest absolute Gasteiger partial charge is 0.465 e. The maximum Gasteiger partial charge on any atom is 0.338 e. The van der Waals surface area contributed by atoms with Gasteiger partial charge in [0.1, 0.15) is 0 Å². The zero-order valence-corrected chi connectivity index (χ0v) is 18.0. The zero-order chi connectivity index (χ0) is 22.4. The number of anilines is 4. The van der Waals surface area contributed by atoms with E-state index in [1.54, 1.807) is 12.1 Å². The third kappa shape index (κ3) is 5.22. The monoisotopic (exact) mass is 417 g/mol. The zero-order valence-electron chi connectivity index (χ0n) is 18.0. The summed E-state index contributed by atoms with van der Waals surface area (Å²) in [5, 5.41) is 6.65. The molecule has 6 heteroatoms. The SMILES string of the molecule is CCc1ccc(Nc2cc(C(N)=O)c(C(=O)OC)cc2Nc2ccc(CC)cc2)cc1. The predicted molar refractivity (Wildman–Crippen MR) is 125 cm³/mol. The standard InChI is InChI=1S/C25H27N3O3/c1-4-16-6-10-18(11-7-16)27-22-14-20(24(26)29)21(25(30)31-3)15-23(22)28-19-12-8-17(5-2)9-13-19/h6-15,27-28H,4-5H2,1-3H3,(H2,26,29).